The monoisotopic (exact) mass is 256 g/mol. The number of aliphatic imine (C=N–C) groups is 1. The van der Waals surface area contributed by atoms with Gasteiger partial charge in [-0.05, 0) is 26.2 Å². The Bertz CT molecular complexity index is 286. The summed E-state index contributed by atoms with van der Waals surface area (Å²) in [5.74, 6) is 0.506. The lowest BCUT2D eigenvalue weighted by Crippen LogP contribution is -2.48. The van der Waals surface area contributed by atoms with E-state index in [1.54, 1.807) is 4.90 Å². The molecule has 0 unspecified atom stereocenters. The van der Waals surface area contributed by atoms with Gasteiger partial charge in [0.15, 0.2) is 5.96 Å². The summed E-state index contributed by atoms with van der Waals surface area (Å²) in [6.07, 6.45) is 2.52. The molecule has 0 aliphatic carbocycles. The van der Waals surface area contributed by atoms with Gasteiger partial charge < -0.3 is 20.7 Å². The molecule has 104 valence electrons. The third-order valence-electron chi connectivity index (χ3n) is 2.88. The largest absolute Gasteiger partial charge is 0.450 e. The number of guanidine groups is 1. The van der Waals surface area contributed by atoms with Crippen molar-refractivity contribution in [1.82, 2.24) is 10.2 Å². The van der Waals surface area contributed by atoms with E-state index >= 15 is 0 Å². The maximum absolute atomic E-state index is 11.5. The summed E-state index contributed by atoms with van der Waals surface area (Å²) in [7, 11) is 0. The molecular weight excluding hydrogens is 232 g/mol. The van der Waals surface area contributed by atoms with Gasteiger partial charge in [-0.3, -0.25) is 4.99 Å². The number of nitrogens with two attached hydrogens (primary N) is 1. The fraction of sp³-hybridized carbons (Fsp3) is 0.833. The molecule has 18 heavy (non-hydrogen) atoms. The van der Waals surface area contributed by atoms with Crippen LogP contribution in [0.5, 0.6) is 0 Å². The molecule has 1 aliphatic rings. The minimum atomic E-state index is -0.219. The molecule has 1 aliphatic heterocycles. The van der Waals surface area contributed by atoms with Crippen LogP contribution >= 0.6 is 0 Å². The number of carbonyl (C=O) groups is 1. The number of carbonyl (C=O) groups excluding carboxylic acids is 1. The Hall–Kier alpha value is -1.46. The van der Waals surface area contributed by atoms with Crippen LogP contribution in [0.2, 0.25) is 0 Å². The first-order valence-corrected chi connectivity index (χ1v) is 6.65. The molecular formula is C12H24N4O2. The van der Waals surface area contributed by atoms with Crippen LogP contribution in [0.3, 0.4) is 0 Å². The third kappa shape index (κ3) is 4.81. The fourth-order valence-corrected chi connectivity index (χ4v) is 1.91. The van der Waals surface area contributed by atoms with Crippen molar-refractivity contribution in [2.75, 3.05) is 26.2 Å². The third-order valence-corrected chi connectivity index (χ3v) is 2.88. The molecule has 1 rings (SSSR count). The first kappa shape index (κ1) is 14.6. The first-order valence-electron chi connectivity index (χ1n) is 6.65. The predicted molar refractivity (Wildman–Crippen MR) is 71.5 cm³/mol. The summed E-state index contributed by atoms with van der Waals surface area (Å²) < 4.78 is 4.97. The van der Waals surface area contributed by atoms with Crippen LogP contribution in [0, 0.1) is 0 Å². The van der Waals surface area contributed by atoms with Crippen LogP contribution in [0.15, 0.2) is 4.99 Å². The van der Waals surface area contributed by atoms with Crippen LogP contribution < -0.4 is 11.1 Å². The van der Waals surface area contributed by atoms with E-state index in [1.807, 2.05) is 6.92 Å². The van der Waals surface area contributed by atoms with Gasteiger partial charge >= 0.3 is 6.09 Å². The Morgan fingerprint density at radius 1 is 1.44 bits per heavy atom. The zero-order valence-electron chi connectivity index (χ0n) is 11.3. The Kier molecular flexibility index (Phi) is 6.32. The van der Waals surface area contributed by atoms with Crippen LogP contribution in [-0.2, 0) is 4.74 Å². The summed E-state index contributed by atoms with van der Waals surface area (Å²) in [5, 5.41) is 3.19. The van der Waals surface area contributed by atoms with Gasteiger partial charge in [-0.15, -0.1) is 0 Å². The minimum Gasteiger partial charge on any atom is -0.450 e. The number of hydrogen-bond acceptors (Lipinski definition) is 3. The van der Waals surface area contributed by atoms with Crippen molar-refractivity contribution in [3.05, 3.63) is 0 Å². The minimum absolute atomic E-state index is 0.219. The van der Waals surface area contributed by atoms with E-state index in [2.05, 4.69) is 17.2 Å². The van der Waals surface area contributed by atoms with E-state index in [9.17, 15) is 4.79 Å². The van der Waals surface area contributed by atoms with Crippen molar-refractivity contribution >= 4 is 12.1 Å². The summed E-state index contributed by atoms with van der Waals surface area (Å²) >= 11 is 0. The SMILES string of the molecule is CCCN=C(N)NC1CCN(C(=O)OCC)CC1. The molecule has 3 N–H and O–H groups in total. The maximum Gasteiger partial charge on any atom is 0.409 e. The molecule has 1 saturated heterocycles. The van der Waals surface area contributed by atoms with Crippen molar-refractivity contribution in [3.63, 3.8) is 0 Å². The van der Waals surface area contributed by atoms with Gasteiger partial charge in [-0.2, -0.15) is 0 Å². The standard InChI is InChI=1S/C12H24N4O2/c1-3-7-14-11(13)15-10-5-8-16(9-6-10)12(17)18-4-2/h10H,3-9H2,1-2H3,(H3,13,14,15). The lowest BCUT2D eigenvalue weighted by molar-refractivity contribution is 0.0963. The van der Waals surface area contributed by atoms with Crippen molar-refractivity contribution in [1.29, 1.82) is 0 Å². The molecule has 1 fully saturated rings. The van der Waals surface area contributed by atoms with Gasteiger partial charge in [0, 0.05) is 25.7 Å². The zero-order valence-corrected chi connectivity index (χ0v) is 11.3. The Morgan fingerprint density at radius 2 is 2.11 bits per heavy atom. The number of rotatable bonds is 4. The zero-order chi connectivity index (χ0) is 13.4. The van der Waals surface area contributed by atoms with Gasteiger partial charge in [-0.25, -0.2) is 4.79 Å². The highest BCUT2D eigenvalue weighted by atomic mass is 16.6. The number of hydrogen-bond donors (Lipinski definition) is 2. The molecule has 0 aromatic heterocycles. The molecule has 6 heteroatoms. The molecule has 0 spiro atoms. The first-order chi connectivity index (χ1) is 8.67. The molecule has 1 amide bonds. The van der Waals surface area contributed by atoms with E-state index < -0.39 is 0 Å². The van der Waals surface area contributed by atoms with E-state index in [0.717, 1.165) is 25.8 Å². The lowest BCUT2D eigenvalue weighted by atomic mass is 10.1. The molecule has 0 radical (unpaired) electrons. The molecule has 0 saturated carbocycles. The fourth-order valence-electron chi connectivity index (χ4n) is 1.91. The van der Waals surface area contributed by atoms with Gasteiger partial charge in [0.1, 0.15) is 0 Å². The van der Waals surface area contributed by atoms with Crippen molar-refractivity contribution < 1.29 is 9.53 Å². The average molecular weight is 256 g/mol. The van der Waals surface area contributed by atoms with Gasteiger partial charge in [-0.1, -0.05) is 6.92 Å². The number of piperidine rings is 1. The number of nitrogens with zero attached hydrogens (tertiary/aromatic N) is 2. The van der Waals surface area contributed by atoms with Crippen LogP contribution in [-0.4, -0.2) is 49.2 Å². The Morgan fingerprint density at radius 3 is 2.67 bits per heavy atom. The lowest BCUT2D eigenvalue weighted by Gasteiger charge is -2.31. The van der Waals surface area contributed by atoms with E-state index in [0.29, 0.717) is 31.7 Å². The molecule has 0 atom stereocenters. The van der Waals surface area contributed by atoms with E-state index in [1.165, 1.54) is 0 Å². The van der Waals surface area contributed by atoms with Gasteiger partial charge in [0.25, 0.3) is 0 Å². The molecule has 1 heterocycles. The van der Waals surface area contributed by atoms with E-state index in [4.69, 9.17) is 10.5 Å². The predicted octanol–water partition coefficient (Wildman–Crippen LogP) is 0.922. The van der Waals surface area contributed by atoms with Crippen molar-refractivity contribution in [3.8, 4) is 0 Å². The second-order valence-electron chi connectivity index (χ2n) is 4.37. The topological polar surface area (TPSA) is 80.0 Å². The van der Waals surface area contributed by atoms with Gasteiger partial charge in [0.05, 0.1) is 6.61 Å². The van der Waals surface area contributed by atoms with Crippen LogP contribution in [0.1, 0.15) is 33.1 Å². The summed E-state index contributed by atoms with van der Waals surface area (Å²) in [6.45, 7) is 6.47. The van der Waals surface area contributed by atoms with E-state index in [-0.39, 0.29) is 6.09 Å². The highest BCUT2D eigenvalue weighted by Crippen LogP contribution is 2.11. The number of nitrogens with one attached hydrogen (secondary N) is 1. The number of likely N-dealkylation sites (tertiary alicyclic amines) is 1. The molecule has 6 nitrogen and oxygen atoms in total. The summed E-state index contributed by atoms with van der Waals surface area (Å²) in [4.78, 5) is 17.4. The number of amides is 1. The Labute approximate surface area is 109 Å². The Balaban J connectivity index is 2.29. The molecule has 0 aromatic carbocycles. The molecule has 0 bridgehead atoms. The second kappa shape index (κ2) is 7.79. The smallest absolute Gasteiger partial charge is 0.409 e. The highest BCUT2D eigenvalue weighted by Gasteiger charge is 2.23. The summed E-state index contributed by atoms with van der Waals surface area (Å²) in [5.41, 5.74) is 5.77. The highest BCUT2D eigenvalue weighted by molar-refractivity contribution is 5.78. The van der Waals surface area contributed by atoms with Crippen LogP contribution in [0.4, 0.5) is 4.79 Å². The van der Waals surface area contributed by atoms with Crippen molar-refractivity contribution in [2.24, 2.45) is 10.7 Å². The maximum atomic E-state index is 11.5. The number of ether oxygens (including phenoxy) is 1. The molecule has 0 aromatic rings. The summed E-state index contributed by atoms with van der Waals surface area (Å²) in [6, 6.07) is 0.302. The van der Waals surface area contributed by atoms with Gasteiger partial charge in [0.2, 0.25) is 0 Å². The van der Waals surface area contributed by atoms with Crippen LogP contribution in [0.25, 0.3) is 0 Å². The second-order valence-corrected chi connectivity index (χ2v) is 4.37. The normalized spacial score (nSPS) is 17.7. The average Bonchev–Trinajstić information content (AvgIpc) is 2.37. The quantitative estimate of drug-likeness (QED) is 0.579. The van der Waals surface area contributed by atoms with Crippen molar-refractivity contribution in [2.45, 2.75) is 39.2 Å².